The summed E-state index contributed by atoms with van der Waals surface area (Å²) in [6, 6.07) is 67.5. The Morgan fingerprint density at radius 2 is 1.07 bits per heavy atom. The van der Waals surface area contributed by atoms with Crippen molar-refractivity contribution < 1.29 is 0 Å². The highest BCUT2D eigenvalue weighted by Crippen LogP contribution is 2.64. The molecular weight excluding hydrogens is 860 g/mol. The molecule has 4 heterocycles. The molecule has 0 bridgehead atoms. The van der Waals surface area contributed by atoms with Crippen molar-refractivity contribution in [3.8, 4) is 22.3 Å². The number of fused-ring (bicyclic) bond motifs is 18. The van der Waals surface area contributed by atoms with Gasteiger partial charge in [0.25, 0.3) is 0 Å². The Balaban J connectivity index is 1.04. The number of thiophene rings is 2. The third-order valence-corrected chi connectivity index (χ3v) is 18.9. The van der Waals surface area contributed by atoms with Gasteiger partial charge in [-0.15, -0.1) is 22.7 Å². The predicted molar refractivity (Wildman–Crippen MR) is 295 cm³/mol. The number of anilines is 5. The molecule has 1 N–H and O–H groups in total. The summed E-state index contributed by atoms with van der Waals surface area (Å²) in [5.41, 5.74) is 22.4. The fourth-order valence-electron chi connectivity index (χ4n) is 13.3. The van der Waals surface area contributed by atoms with Crippen molar-refractivity contribution in [2.45, 2.75) is 56.8 Å². The van der Waals surface area contributed by atoms with Gasteiger partial charge in [-0.05, 0) is 122 Å². The van der Waals surface area contributed by atoms with E-state index in [4.69, 9.17) is 0 Å². The molecule has 5 heteroatoms. The van der Waals surface area contributed by atoms with Crippen molar-refractivity contribution in [3.63, 3.8) is 0 Å². The lowest BCUT2D eigenvalue weighted by molar-refractivity contribution is 0.332. The van der Waals surface area contributed by atoms with Crippen LogP contribution >= 0.6 is 22.7 Å². The van der Waals surface area contributed by atoms with E-state index in [0.29, 0.717) is 0 Å². The summed E-state index contributed by atoms with van der Waals surface area (Å²) >= 11 is 3.90. The second kappa shape index (κ2) is 13.6. The maximum absolute atomic E-state index is 4.16. The van der Waals surface area contributed by atoms with Gasteiger partial charge in [0.15, 0.2) is 7.28 Å². The molecule has 0 amide bonds. The molecule has 9 aromatic carbocycles. The molecule has 2 aliphatic carbocycles. The molecule has 68 heavy (non-hydrogen) atoms. The van der Waals surface area contributed by atoms with E-state index in [-0.39, 0.29) is 10.8 Å². The van der Waals surface area contributed by atoms with Crippen LogP contribution in [0.4, 0.5) is 28.4 Å². The minimum atomic E-state index is -0.455. The van der Waals surface area contributed by atoms with Gasteiger partial charge in [-0.25, -0.2) is 0 Å². The molecule has 4 aliphatic rings. The van der Waals surface area contributed by atoms with E-state index in [1.54, 1.807) is 0 Å². The summed E-state index contributed by atoms with van der Waals surface area (Å²) in [7, 11) is 0.818. The summed E-state index contributed by atoms with van der Waals surface area (Å²) in [5.74, 6) is 0. The lowest BCUT2D eigenvalue weighted by Gasteiger charge is -2.48. The zero-order valence-electron chi connectivity index (χ0n) is 38.6. The Labute approximate surface area is 405 Å². The third-order valence-electron chi connectivity index (χ3n) is 16.5. The largest absolute Gasteiger partial charge is 0.355 e. The van der Waals surface area contributed by atoms with Crippen LogP contribution in [0.1, 0.15) is 73.9 Å². The van der Waals surface area contributed by atoms with E-state index < -0.39 is 5.41 Å². The first-order valence-corrected chi connectivity index (χ1v) is 25.9. The second-order valence-corrected chi connectivity index (χ2v) is 23.1. The fraction of sp³-hybridized carbons (Fsp3) is 0.143. The Morgan fingerprint density at radius 3 is 1.81 bits per heavy atom. The highest BCUT2D eigenvalue weighted by atomic mass is 32.1. The SMILES string of the molecule is CC1(C)CCC(C)(C)c2cc(Nc3ccc4c(sc5ccccc54)c3-c3c4c(cc5c3sc3ccccc35)N3c5ccccc5C5(c6ccccc6-c6ccccc65)c5cccc(c53)B4)ccc21. The number of benzene rings is 9. The molecule has 0 fully saturated rings. The van der Waals surface area contributed by atoms with E-state index in [0.717, 1.165) is 18.7 Å². The predicted octanol–water partition coefficient (Wildman–Crippen LogP) is 16.0. The maximum Gasteiger partial charge on any atom is 0.198 e. The normalized spacial score (nSPS) is 16.3. The van der Waals surface area contributed by atoms with E-state index in [2.05, 4.69) is 214 Å². The van der Waals surface area contributed by atoms with E-state index in [1.165, 1.54) is 137 Å². The van der Waals surface area contributed by atoms with E-state index in [9.17, 15) is 0 Å². The molecule has 0 unspecified atom stereocenters. The number of hydrogen-bond donors (Lipinski definition) is 1. The van der Waals surface area contributed by atoms with Gasteiger partial charge in [0.2, 0.25) is 0 Å². The van der Waals surface area contributed by atoms with Crippen LogP contribution in [0.2, 0.25) is 0 Å². The molecule has 2 aliphatic heterocycles. The van der Waals surface area contributed by atoms with Gasteiger partial charge in [-0.2, -0.15) is 0 Å². The summed E-state index contributed by atoms with van der Waals surface area (Å²) in [5, 5.41) is 9.42. The standard InChI is InChI=1S/C63H47BN2S2/c1-61(2)32-33-62(3,4)48-34-36(28-30-45(48)61)65-50-31-29-41-39-18-7-13-26-53(39)67-59(41)55(50)56-57-52(35-42-40-19-8-14-27-54(40)68-60(42)56)66-51-25-12-11-22-46(51)63(47-23-15-24-49(64-57)58(47)66)43-20-9-5-16-37(43)38-17-6-10-21-44(38)63/h5-31,34-35,64-65H,32-33H2,1-4H3. The highest BCUT2D eigenvalue weighted by molar-refractivity contribution is 7.27. The van der Waals surface area contributed by atoms with Gasteiger partial charge in [-0.1, -0.05) is 167 Å². The first-order valence-electron chi connectivity index (χ1n) is 24.3. The molecule has 0 saturated carbocycles. The average Bonchev–Trinajstić information content (AvgIpc) is 4.02. The molecule has 324 valence electrons. The summed E-state index contributed by atoms with van der Waals surface area (Å²) in [4.78, 5) is 2.68. The molecule has 2 nitrogen and oxygen atoms in total. The Bertz CT molecular complexity index is 3970. The molecule has 15 rings (SSSR count). The van der Waals surface area contributed by atoms with E-state index in [1.807, 2.05) is 22.7 Å². The molecule has 1 spiro atoms. The number of para-hydroxylation sites is 2. The summed E-state index contributed by atoms with van der Waals surface area (Å²) in [6.07, 6.45) is 2.38. The third kappa shape index (κ3) is 5.03. The minimum Gasteiger partial charge on any atom is -0.355 e. The minimum absolute atomic E-state index is 0.0980. The summed E-state index contributed by atoms with van der Waals surface area (Å²) < 4.78 is 5.32. The van der Waals surface area contributed by atoms with Crippen LogP contribution in [0, 0.1) is 0 Å². The second-order valence-electron chi connectivity index (χ2n) is 21.0. The first kappa shape index (κ1) is 39.1. The lowest BCUT2D eigenvalue weighted by atomic mass is 9.54. The highest BCUT2D eigenvalue weighted by Gasteiger charge is 2.53. The number of nitrogens with zero attached hydrogens (tertiary/aromatic N) is 1. The van der Waals surface area contributed by atoms with Crippen molar-refractivity contribution in [1.29, 1.82) is 0 Å². The monoisotopic (exact) mass is 906 g/mol. The van der Waals surface area contributed by atoms with E-state index >= 15 is 0 Å². The molecular formula is C63H47BN2S2. The maximum atomic E-state index is 4.16. The Morgan fingerprint density at radius 1 is 0.471 bits per heavy atom. The molecule has 11 aromatic rings. The van der Waals surface area contributed by atoms with Crippen LogP contribution in [-0.2, 0) is 16.2 Å². The van der Waals surface area contributed by atoms with Crippen molar-refractivity contribution >= 4 is 110 Å². The van der Waals surface area contributed by atoms with Crippen molar-refractivity contribution in [2.75, 3.05) is 10.2 Å². The van der Waals surface area contributed by atoms with Gasteiger partial charge in [-0.3, -0.25) is 0 Å². The molecule has 2 aromatic heterocycles. The Kier molecular flexibility index (Phi) is 7.84. The van der Waals surface area contributed by atoms with Gasteiger partial charge in [0.05, 0.1) is 11.1 Å². The van der Waals surface area contributed by atoms with Crippen LogP contribution in [0.3, 0.4) is 0 Å². The van der Waals surface area contributed by atoms with Gasteiger partial charge in [0.1, 0.15) is 0 Å². The van der Waals surface area contributed by atoms with Gasteiger partial charge in [0, 0.05) is 68.7 Å². The number of hydrogen-bond acceptors (Lipinski definition) is 4. The topological polar surface area (TPSA) is 15.3 Å². The fourth-order valence-corrected chi connectivity index (χ4v) is 15.8. The molecule has 0 radical (unpaired) electrons. The van der Waals surface area contributed by atoms with Gasteiger partial charge < -0.3 is 10.2 Å². The van der Waals surface area contributed by atoms with Crippen LogP contribution < -0.4 is 21.1 Å². The molecule has 0 atom stereocenters. The van der Waals surface area contributed by atoms with Crippen LogP contribution in [0.15, 0.2) is 176 Å². The number of rotatable bonds is 3. The quantitative estimate of drug-likeness (QED) is 0.178. The van der Waals surface area contributed by atoms with Crippen LogP contribution in [0.25, 0.3) is 62.6 Å². The van der Waals surface area contributed by atoms with Crippen molar-refractivity contribution in [2.24, 2.45) is 0 Å². The zero-order valence-corrected chi connectivity index (χ0v) is 40.3. The smallest absolute Gasteiger partial charge is 0.198 e. The Hall–Kier alpha value is -6.92. The van der Waals surface area contributed by atoms with Crippen LogP contribution in [0.5, 0.6) is 0 Å². The van der Waals surface area contributed by atoms with Crippen molar-refractivity contribution in [1.82, 2.24) is 0 Å². The zero-order chi connectivity index (χ0) is 45.3. The summed E-state index contributed by atoms with van der Waals surface area (Å²) in [6.45, 7) is 9.71. The van der Waals surface area contributed by atoms with Gasteiger partial charge >= 0.3 is 0 Å². The average molecular weight is 907 g/mol. The van der Waals surface area contributed by atoms with Crippen molar-refractivity contribution in [3.05, 3.63) is 209 Å². The number of nitrogens with one attached hydrogen (secondary N) is 1. The first-order chi connectivity index (χ1) is 33.2. The van der Waals surface area contributed by atoms with Crippen LogP contribution in [-0.4, -0.2) is 7.28 Å². The molecule has 0 saturated heterocycles. The lowest BCUT2D eigenvalue weighted by Crippen LogP contribution is -2.47.